The monoisotopic (exact) mass is 614 g/mol. The largest absolute Gasteiger partial charge is 0.497 e. The molecule has 0 aliphatic carbocycles. The molecule has 0 fully saturated rings. The highest BCUT2D eigenvalue weighted by molar-refractivity contribution is 5.95. The zero-order valence-corrected chi connectivity index (χ0v) is 23.7. The first kappa shape index (κ1) is 32.1. The molecule has 4 aromatic rings. The number of carbonyl (C=O) groups excluding carboxylic acids is 2. The lowest BCUT2D eigenvalue weighted by molar-refractivity contribution is -0.143. The van der Waals surface area contributed by atoms with Crippen molar-refractivity contribution < 1.29 is 40.7 Å². The third kappa shape index (κ3) is 8.18. The Morgan fingerprint density at radius 2 is 1.41 bits per heavy atom. The molecule has 0 saturated heterocycles. The van der Waals surface area contributed by atoms with Crippen molar-refractivity contribution in [2.75, 3.05) is 14.2 Å². The number of nitrogens with zero attached hydrogens (tertiary/aromatic N) is 1. The number of rotatable bonds is 9. The number of alkyl halides is 6. The smallest absolute Gasteiger partial charge is 0.416 e. The number of likely N-dealkylation sites (N-methyl/N-ethyl adjacent to an activating group) is 1. The second kappa shape index (κ2) is 13.2. The van der Waals surface area contributed by atoms with Gasteiger partial charge in [0.05, 0.1) is 24.3 Å². The molecule has 11 heteroatoms. The Labute approximate surface area is 249 Å². The standard InChI is InChI=1S/C33H28F6N2O3/c1-41(31(43)25-17-26(32(34,35)36)19-27(18-25)33(37,38)39)28(16-22-7-10-23-5-3-4-6-24(23)15-22)11-14-30(42)40-20-21-8-12-29(44-2)13-9-21/h3-15,17-19,28H,16,20H2,1-2H3,(H,40,42). The van der Waals surface area contributed by atoms with Crippen LogP contribution in [-0.4, -0.2) is 36.9 Å². The van der Waals surface area contributed by atoms with E-state index in [9.17, 15) is 35.9 Å². The molecule has 5 nitrogen and oxygen atoms in total. The maximum absolute atomic E-state index is 13.5. The van der Waals surface area contributed by atoms with Crippen molar-refractivity contribution in [3.05, 3.63) is 125 Å². The Bertz CT molecular complexity index is 1630. The highest BCUT2D eigenvalue weighted by atomic mass is 19.4. The van der Waals surface area contributed by atoms with Crippen LogP contribution in [0, 0.1) is 0 Å². The van der Waals surface area contributed by atoms with Crippen molar-refractivity contribution in [1.29, 1.82) is 0 Å². The molecule has 1 unspecified atom stereocenters. The molecule has 1 N–H and O–H groups in total. The molecular weight excluding hydrogens is 586 g/mol. The number of hydrogen-bond donors (Lipinski definition) is 1. The quantitative estimate of drug-likeness (QED) is 0.158. The number of ether oxygens (including phenoxy) is 1. The molecule has 0 bridgehead atoms. The zero-order chi connectivity index (χ0) is 32.1. The average molecular weight is 615 g/mol. The number of nitrogens with one attached hydrogen (secondary N) is 1. The highest BCUT2D eigenvalue weighted by Gasteiger charge is 2.38. The molecule has 4 rings (SSSR count). The van der Waals surface area contributed by atoms with E-state index in [1.807, 2.05) is 36.4 Å². The molecule has 0 aromatic heterocycles. The predicted molar refractivity (Wildman–Crippen MR) is 154 cm³/mol. The fraction of sp³-hybridized carbons (Fsp3) is 0.212. The van der Waals surface area contributed by atoms with Gasteiger partial charge in [0.2, 0.25) is 5.91 Å². The summed E-state index contributed by atoms with van der Waals surface area (Å²) in [7, 11) is 2.79. The van der Waals surface area contributed by atoms with Crippen LogP contribution in [0.4, 0.5) is 26.3 Å². The maximum atomic E-state index is 13.5. The minimum atomic E-state index is -5.11. The SMILES string of the molecule is COc1ccc(CNC(=O)C=CC(Cc2ccc3ccccc3c2)N(C)C(=O)c2cc(C(F)(F)F)cc(C(F)(F)F)c2)cc1. The first-order chi connectivity index (χ1) is 20.7. The average Bonchev–Trinajstić information content (AvgIpc) is 3.00. The first-order valence-corrected chi connectivity index (χ1v) is 13.4. The molecule has 44 heavy (non-hydrogen) atoms. The molecule has 0 saturated carbocycles. The summed E-state index contributed by atoms with van der Waals surface area (Å²) in [5, 5.41) is 4.56. The topological polar surface area (TPSA) is 58.6 Å². The number of halogens is 6. The van der Waals surface area contributed by atoms with Crippen LogP contribution in [0.5, 0.6) is 5.75 Å². The number of fused-ring (bicyclic) bond motifs is 1. The number of carbonyl (C=O) groups is 2. The highest BCUT2D eigenvalue weighted by Crippen LogP contribution is 2.36. The van der Waals surface area contributed by atoms with E-state index in [0.29, 0.717) is 17.9 Å². The van der Waals surface area contributed by atoms with Gasteiger partial charge in [-0.1, -0.05) is 60.7 Å². The molecule has 0 spiro atoms. The summed E-state index contributed by atoms with van der Waals surface area (Å²) in [4.78, 5) is 27.1. The Kier molecular flexibility index (Phi) is 9.66. The molecule has 230 valence electrons. The fourth-order valence-corrected chi connectivity index (χ4v) is 4.56. The normalized spacial score (nSPS) is 12.7. The number of hydrogen-bond acceptors (Lipinski definition) is 3. The number of amides is 2. The van der Waals surface area contributed by atoms with Gasteiger partial charge in [-0.2, -0.15) is 26.3 Å². The van der Waals surface area contributed by atoms with Gasteiger partial charge in [0.15, 0.2) is 0 Å². The van der Waals surface area contributed by atoms with Gasteiger partial charge in [-0.25, -0.2) is 0 Å². The van der Waals surface area contributed by atoms with E-state index in [1.54, 1.807) is 30.3 Å². The van der Waals surface area contributed by atoms with Crippen molar-refractivity contribution in [1.82, 2.24) is 10.2 Å². The van der Waals surface area contributed by atoms with Crippen molar-refractivity contribution in [2.45, 2.75) is 31.4 Å². The van der Waals surface area contributed by atoms with Crippen LogP contribution in [0.3, 0.4) is 0 Å². The molecule has 0 radical (unpaired) electrons. The lowest BCUT2D eigenvalue weighted by Crippen LogP contribution is -2.38. The van der Waals surface area contributed by atoms with Crippen molar-refractivity contribution in [3.8, 4) is 5.75 Å². The maximum Gasteiger partial charge on any atom is 0.416 e. The van der Waals surface area contributed by atoms with E-state index >= 15 is 0 Å². The first-order valence-electron chi connectivity index (χ1n) is 13.4. The van der Waals surface area contributed by atoms with Crippen molar-refractivity contribution in [3.63, 3.8) is 0 Å². The molecular formula is C33H28F6N2O3. The van der Waals surface area contributed by atoms with Gasteiger partial charge in [0.25, 0.3) is 5.91 Å². The van der Waals surface area contributed by atoms with Crippen LogP contribution in [0.15, 0.2) is 97.1 Å². The molecule has 0 heterocycles. The van der Waals surface area contributed by atoms with Gasteiger partial charge in [0, 0.05) is 25.2 Å². The fourth-order valence-electron chi connectivity index (χ4n) is 4.56. The summed E-state index contributed by atoms with van der Waals surface area (Å²) in [6.07, 6.45) is -7.51. The van der Waals surface area contributed by atoms with Gasteiger partial charge >= 0.3 is 12.4 Å². The summed E-state index contributed by atoms with van der Waals surface area (Å²) in [6.45, 7) is 0.182. The Morgan fingerprint density at radius 3 is 2.00 bits per heavy atom. The zero-order valence-electron chi connectivity index (χ0n) is 23.7. The van der Waals surface area contributed by atoms with E-state index in [2.05, 4.69) is 5.32 Å². The third-order valence-corrected chi connectivity index (χ3v) is 7.01. The minimum absolute atomic E-state index is 0.0314. The molecule has 2 amide bonds. The summed E-state index contributed by atoms with van der Waals surface area (Å²) >= 11 is 0. The Hall–Kier alpha value is -4.80. The molecule has 0 aliphatic heterocycles. The van der Waals surface area contributed by atoms with Gasteiger partial charge in [-0.15, -0.1) is 0 Å². The van der Waals surface area contributed by atoms with E-state index < -0.39 is 46.9 Å². The second-order valence-electron chi connectivity index (χ2n) is 10.1. The molecule has 4 aromatic carbocycles. The molecule has 0 aliphatic rings. The van der Waals surface area contributed by atoms with E-state index in [4.69, 9.17) is 4.74 Å². The second-order valence-corrected chi connectivity index (χ2v) is 10.1. The van der Waals surface area contributed by atoms with Crippen LogP contribution in [0.25, 0.3) is 10.8 Å². The van der Waals surface area contributed by atoms with Gasteiger partial charge in [0.1, 0.15) is 5.75 Å². The van der Waals surface area contributed by atoms with Crippen LogP contribution in [0.2, 0.25) is 0 Å². The van der Waals surface area contributed by atoms with Crippen molar-refractivity contribution >= 4 is 22.6 Å². The number of benzene rings is 4. The van der Waals surface area contributed by atoms with Gasteiger partial charge in [-0.3, -0.25) is 9.59 Å². The van der Waals surface area contributed by atoms with Gasteiger partial charge in [-0.05, 0) is 58.7 Å². The Morgan fingerprint density at radius 1 is 0.818 bits per heavy atom. The van der Waals surface area contributed by atoms with Gasteiger partial charge < -0.3 is 15.0 Å². The van der Waals surface area contributed by atoms with Crippen LogP contribution in [-0.2, 0) is 30.1 Å². The third-order valence-electron chi connectivity index (χ3n) is 7.01. The van der Waals surface area contributed by atoms with Crippen LogP contribution in [0.1, 0.15) is 32.6 Å². The predicted octanol–water partition coefficient (Wildman–Crippen LogP) is 7.44. The lowest BCUT2D eigenvalue weighted by atomic mass is 9.99. The number of methoxy groups -OCH3 is 1. The Balaban J connectivity index is 1.62. The summed E-state index contributed by atoms with van der Waals surface area (Å²) in [6, 6.07) is 19.9. The lowest BCUT2D eigenvalue weighted by Gasteiger charge is -2.27. The van der Waals surface area contributed by atoms with E-state index in [1.165, 1.54) is 26.3 Å². The summed E-state index contributed by atoms with van der Waals surface area (Å²) in [5.74, 6) is -0.938. The van der Waals surface area contributed by atoms with Crippen molar-refractivity contribution in [2.24, 2.45) is 0 Å². The van der Waals surface area contributed by atoms with Crippen LogP contribution >= 0.6 is 0 Å². The van der Waals surface area contributed by atoms with Crippen LogP contribution < -0.4 is 10.1 Å². The van der Waals surface area contributed by atoms with E-state index in [-0.39, 0.29) is 19.0 Å². The summed E-state index contributed by atoms with van der Waals surface area (Å²) < 4.78 is 85.9. The van der Waals surface area contributed by atoms with E-state index in [0.717, 1.165) is 26.8 Å². The minimum Gasteiger partial charge on any atom is -0.497 e. The summed E-state index contributed by atoms with van der Waals surface area (Å²) in [5.41, 5.74) is -2.45. The molecule has 1 atom stereocenters.